The van der Waals surface area contributed by atoms with Crippen LogP contribution in [0, 0.1) is 5.92 Å². The van der Waals surface area contributed by atoms with Crippen LogP contribution in [0.5, 0.6) is 0 Å². The number of nitrogens with one attached hydrogen (secondary N) is 1. The van der Waals surface area contributed by atoms with Crippen LogP contribution < -0.4 is 5.32 Å². The zero-order valence-electron chi connectivity index (χ0n) is 15.2. The number of carbonyl (C=O) groups excluding carboxylic acids is 1. The third-order valence-electron chi connectivity index (χ3n) is 5.30. The second-order valence-electron chi connectivity index (χ2n) is 8.30. The second kappa shape index (κ2) is 7.20. The molecule has 2 bridgehead atoms. The molecule has 4 unspecified atom stereocenters. The number of piperidine rings is 1. The molecular formula is C20H29NO2Sn. The fourth-order valence-electron chi connectivity index (χ4n) is 4.06. The summed E-state index contributed by atoms with van der Waals surface area (Å²) < 4.78 is 7.54. The zero-order chi connectivity index (χ0) is 17.3. The van der Waals surface area contributed by atoms with Crippen molar-refractivity contribution in [3.63, 3.8) is 0 Å². The van der Waals surface area contributed by atoms with Crippen molar-refractivity contribution in [2.45, 2.75) is 52.1 Å². The molecule has 2 aliphatic heterocycles. The summed E-state index contributed by atoms with van der Waals surface area (Å²) in [6.07, 6.45) is 5.56. The molecule has 3 rings (SSSR count). The van der Waals surface area contributed by atoms with Gasteiger partial charge in [-0.25, -0.2) is 0 Å². The topological polar surface area (TPSA) is 38.3 Å². The van der Waals surface area contributed by atoms with Crippen LogP contribution in [0.3, 0.4) is 0 Å². The molecule has 4 heteroatoms. The van der Waals surface area contributed by atoms with Gasteiger partial charge in [-0.05, 0) is 0 Å². The standard InChI is InChI=1S/C17H20NO2.3CH3.Sn/c1-3-11-4-6-12(7-5-11)14-10-13-8-9-15(18-13)16(14)17(19)20-2;;;;/h1,3-7,13-16,18H,8-10H2,2H3;3*1H3;. The van der Waals surface area contributed by atoms with E-state index in [1.807, 2.05) is 0 Å². The molecule has 2 heterocycles. The van der Waals surface area contributed by atoms with E-state index in [1.54, 1.807) is 0 Å². The van der Waals surface area contributed by atoms with E-state index < -0.39 is 18.4 Å². The molecule has 24 heavy (non-hydrogen) atoms. The van der Waals surface area contributed by atoms with Gasteiger partial charge in [0.05, 0.1) is 0 Å². The second-order valence-corrected chi connectivity index (χ2v) is 22.8. The molecule has 2 aliphatic rings. The molecule has 1 aromatic carbocycles. The fraction of sp³-hybridized carbons (Fsp3) is 0.550. The van der Waals surface area contributed by atoms with Crippen molar-refractivity contribution >= 4 is 30.4 Å². The van der Waals surface area contributed by atoms with Crippen molar-refractivity contribution in [1.29, 1.82) is 0 Å². The molecule has 2 fully saturated rings. The van der Waals surface area contributed by atoms with E-state index in [2.05, 4.69) is 54.6 Å². The average Bonchev–Trinajstić information content (AvgIpc) is 2.93. The summed E-state index contributed by atoms with van der Waals surface area (Å²) in [5.41, 5.74) is 2.54. The Morgan fingerprint density at radius 3 is 2.54 bits per heavy atom. The minimum absolute atomic E-state index is 0.0547. The van der Waals surface area contributed by atoms with Gasteiger partial charge in [0.25, 0.3) is 0 Å². The molecule has 1 aromatic rings. The number of hydrogen-bond acceptors (Lipinski definition) is 3. The van der Waals surface area contributed by atoms with E-state index in [0.29, 0.717) is 6.04 Å². The van der Waals surface area contributed by atoms with E-state index in [0.717, 1.165) is 12.8 Å². The maximum atomic E-state index is 12.4. The Bertz CT molecular complexity index is 618. The summed E-state index contributed by atoms with van der Waals surface area (Å²) >= 11 is -1.87. The van der Waals surface area contributed by atoms with Crippen LogP contribution in [0.25, 0.3) is 6.08 Å². The zero-order valence-corrected chi connectivity index (χ0v) is 18.1. The minimum atomic E-state index is -1.87. The van der Waals surface area contributed by atoms with Crippen molar-refractivity contribution < 1.29 is 9.53 Å². The number of methoxy groups -OCH3 is 1. The van der Waals surface area contributed by atoms with Crippen molar-refractivity contribution in [1.82, 2.24) is 5.32 Å². The average molecular weight is 434 g/mol. The molecule has 130 valence electrons. The third kappa shape index (κ3) is 4.05. The summed E-state index contributed by atoms with van der Waals surface area (Å²) in [7, 11) is 1.51. The molecule has 2 saturated heterocycles. The van der Waals surface area contributed by atoms with Crippen LogP contribution in [0.1, 0.15) is 36.3 Å². The van der Waals surface area contributed by atoms with Crippen LogP contribution in [0.4, 0.5) is 0 Å². The SMILES string of the molecule is COC(=O)C1C2CCC(CC1c1ccc(/C=[CH]/[Sn]([CH3])([CH3])[CH3])cc1)N2. The molecule has 0 aromatic heterocycles. The van der Waals surface area contributed by atoms with Gasteiger partial charge < -0.3 is 0 Å². The van der Waals surface area contributed by atoms with E-state index in [4.69, 9.17) is 4.74 Å². The maximum absolute atomic E-state index is 12.4. The van der Waals surface area contributed by atoms with Crippen LogP contribution in [0.2, 0.25) is 14.8 Å². The number of carbonyl (C=O) groups is 1. The predicted octanol–water partition coefficient (Wildman–Crippen LogP) is 3.97. The number of fused-ring (bicyclic) bond motifs is 2. The van der Waals surface area contributed by atoms with Gasteiger partial charge in [-0.15, -0.1) is 0 Å². The predicted molar refractivity (Wildman–Crippen MR) is 102 cm³/mol. The van der Waals surface area contributed by atoms with Gasteiger partial charge in [0, 0.05) is 0 Å². The van der Waals surface area contributed by atoms with Crippen molar-refractivity contribution in [2.75, 3.05) is 7.11 Å². The van der Waals surface area contributed by atoms with Gasteiger partial charge in [-0.3, -0.25) is 0 Å². The first-order chi connectivity index (χ1) is 11.4. The summed E-state index contributed by atoms with van der Waals surface area (Å²) in [6, 6.07) is 9.64. The Morgan fingerprint density at radius 1 is 1.21 bits per heavy atom. The normalized spacial score (nSPS) is 29.8. The first-order valence-corrected chi connectivity index (χ1v) is 19.2. The number of rotatable bonds is 4. The number of ether oxygens (including phenoxy) is 1. The van der Waals surface area contributed by atoms with Gasteiger partial charge in [-0.2, -0.15) is 0 Å². The van der Waals surface area contributed by atoms with Gasteiger partial charge in [0.15, 0.2) is 0 Å². The Kier molecular flexibility index (Phi) is 5.40. The van der Waals surface area contributed by atoms with E-state index >= 15 is 0 Å². The first-order valence-electron chi connectivity index (χ1n) is 9.00. The van der Waals surface area contributed by atoms with Gasteiger partial charge in [0.2, 0.25) is 0 Å². The molecule has 3 nitrogen and oxygen atoms in total. The van der Waals surface area contributed by atoms with E-state index in [1.165, 1.54) is 24.7 Å². The van der Waals surface area contributed by atoms with E-state index in [9.17, 15) is 4.79 Å². The Morgan fingerprint density at radius 2 is 1.92 bits per heavy atom. The Labute approximate surface area is 149 Å². The monoisotopic (exact) mass is 435 g/mol. The molecule has 1 N–H and O–H groups in total. The van der Waals surface area contributed by atoms with Gasteiger partial charge >= 0.3 is 150 Å². The molecule has 0 spiro atoms. The van der Waals surface area contributed by atoms with Gasteiger partial charge in [0.1, 0.15) is 0 Å². The van der Waals surface area contributed by atoms with Crippen LogP contribution in [-0.2, 0) is 9.53 Å². The van der Waals surface area contributed by atoms with Crippen molar-refractivity contribution in [3.05, 3.63) is 39.5 Å². The Hall–Kier alpha value is -0.811. The molecule has 0 radical (unpaired) electrons. The number of esters is 1. The summed E-state index contributed by atoms with van der Waals surface area (Å²) in [6.45, 7) is 0. The van der Waals surface area contributed by atoms with Crippen LogP contribution in [-0.4, -0.2) is 43.5 Å². The van der Waals surface area contributed by atoms with Gasteiger partial charge in [-0.1, -0.05) is 0 Å². The molecule has 0 amide bonds. The summed E-state index contributed by atoms with van der Waals surface area (Å²) in [5.74, 6) is 0.153. The van der Waals surface area contributed by atoms with Crippen molar-refractivity contribution in [2.24, 2.45) is 5.92 Å². The molecular weight excluding hydrogens is 405 g/mol. The van der Waals surface area contributed by atoms with Crippen molar-refractivity contribution in [3.8, 4) is 0 Å². The Balaban J connectivity index is 1.81. The molecule has 0 aliphatic carbocycles. The summed E-state index contributed by atoms with van der Waals surface area (Å²) in [5, 5.41) is 3.60. The summed E-state index contributed by atoms with van der Waals surface area (Å²) in [4.78, 5) is 19.6. The van der Waals surface area contributed by atoms with Crippen LogP contribution in [0.15, 0.2) is 28.4 Å². The fourth-order valence-corrected chi connectivity index (χ4v) is 6.04. The quantitative estimate of drug-likeness (QED) is 0.576. The number of benzene rings is 1. The molecule has 4 atom stereocenters. The first kappa shape index (κ1) is 18.0. The number of hydrogen-bond donors (Lipinski definition) is 1. The van der Waals surface area contributed by atoms with Crippen LogP contribution >= 0.6 is 0 Å². The third-order valence-corrected chi connectivity index (χ3v) is 8.62. The molecule has 0 saturated carbocycles. The van der Waals surface area contributed by atoms with E-state index in [-0.39, 0.29) is 23.8 Å².